The SMILES string of the molecule is COc1cc(-c2ccc(OCCCC#N)c(C(=O)O)c2)cc(OC)c1OC. The third-order valence-corrected chi connectivity index (χ3v) is 3.90. The van der Waals surface area contributed by atoms with Gasteiger partial charge in [0.2, 0.25) is 5.75 Å². The van der Waals surface area contributed by atoms with Gasteiger partial charge in [0.25, 0.3) is 0 Å². The van der Waals surface area contributed by atoms with Gasteiger partial charge in [-0.25, -0.2) is 4.79 Å². The summed E-state index contributed by atoms with van der Waals surface area (Å²) in [5.74, 6) is 0.567. The lowest BCUT2D eigenvalue weighted by Crippen LogP contribution is -2.05. The van der Waals surface area contributed by atoms with E-state index in [9.17, 15) is 9.90 Å². The first kappa shape index (κ1) is 19.9. The summed E-state index contributed by atoms with van der Waals surface area (Å²) in [7, 11) is 4.55. The fraction of sp³-hybridized carbons (Fsp3) is 0.300. The van der Waals surface area contributed by atoms with E-state index in [1.165, 1.54) is 27.4 Å². The number of nitriles is 1. The Labute approximate surface area is 157 Å². The molecule has 0 aliphatic carbocycles. The fourth-order valence-corrected chi connectivity index (χ4v) is 2.58. The number of carboxylic acid groups (broad SMARTS) is 1. The second kappa shape index (κ2) is 9.34. The van der Waals surface area contributed by atoms with Crippen LogP contribution in [0.4, 0.5) is 0 Å². The number of hydrogen-bond donors (Lipinski definition) is 1. The van der Waals surface area contributed by atoms with Crippen molar-refractivity contribution in [3.63, 3.8) is 0 Å². The number of unbranched alkanes of at least 4 members (excludes halogenated alkanes) is 1. The van der Waals surface area contributed by atoms with Crippen LogP contribution < -0.4 is 18.9 Å². The number of aromatic carboxylic acids is 1. The van der Waals surface area contributed by atoms with Crippen LogP contribution in [0.1, 0.15) is 23.2 Å². The molecule has 0 heterocycles. The minimum Gasteiger partial charge on any atom is -0.493 e. The molecule has 0 bridgehead atoms. The predicted molar refractivity (Wildman–Crippen MR) is 98.8 cm³/mol. The van der Waals surface area contributed by atoms with Crippen molar-refractivity contribution < 1.29 is 28.8 Å². The molecular weight excluding hydrogens is 350 g/mol. The van der Waals surface area contributed by atoms with E-state index in [1.54, 1.807) is 24.3 Å². The highest BCUT2D eigenvalue weighted by Crippen LogP contribution is 2.41. The molecule has 0 aliphatic heterocycles. The standard InChI is InChI=1S/C20H21NO6/c1-24-17-11-14(12-18(25-2)19(17)26-3)13-6-7-16(15(10-13)20(22)23)27-9-5-4-8-21/h6-7,10-12H,4-5,9H2,1-3H3,(H,22,23). The van der Waals surface area contributed by atoms with Gasteiger partial charge in [-0.2, -0.15) is 5.26 Å². The Morgan fingerprint density at radius 3 is 2.19 bits per heavy atom. The summed E-state index contributed by atoms with van der Waals surface area (Å²) in [6.45, 7) is 0.275. The molecule has 0 fully saturated rings. The Bertz CT molecular complexity index is 831. The van der Waals surface area contributed by atoms with Crippen LogP contribution in [-0.2, 0) is 0 Å². The smallest absolute Gasteiger partial charge is 0.339 e. The molecule has 0 atom stereocenters. The molecule has 2 aromatic rings. The van der Waals surface area contributed by atoms with Gasteiger partial charge in [-0.15, -0.1) is 0 Å². The Balaban J connectivity index is 2.43. The molecule has 0 aliphatic rings. The molecule has 0 aromatic heterocycles. The van der Waals surface area contributed by atoms with E-state index in [2.05, 4.69) is 0 Å². The predicted octanol–water partition coefficient (Wildman–Crippen LogP) is 3.76. The molecule has 0 saturated heterocycles. The molecule has 0 amide bonds. The summed E-state index contributed by atoms with van der Waals surface area (Å²) >= 11 is 0. The zero-order chi connectivity index (χ0) is 19.8. The topological polar surface area (TPSA) is 98.0 Å². The maximum absolute atomic E-state index is 11.6. The monoisotopic (exact) mass is 371 g/mol. The van der Waals surface area contributed by atoms with Crippen LogP contribution in [0.25, 0.3) is 11.1 Å². The van der Waals surface area contributed by atoms with E-state index >= 15 is 0 Å². The van der Waals surface area contributed by atoms with E-state index in [0.29, 0.717) is 41.2 Å². The zero-order valence-corrected chi connectivity index (χ0v) is 15.4. The molecule has 2 aromatic carbocycles. The molecule has 0 radical (unpaired) electrons. The van der Waals surface area contributed by atoms with Gasteiger partial charge in [-0.1, -0.05) is 6.07 Å². The van der Waals surface area contributed by atoms with Crippen LogP contribution in [-0.4, -0.2) is 39.0 Å². The summed E-state index contributed by atoms with van der Waals surface area (Å²) in [4.78, 5) is 11.6. The number of hydrogen-bond acceptors (Lipinski definition) is 6. The quantitative estimate of drug-likeness (QED) is 0.670. The Morgan fingerprint density at radius 1 is 1.00 bits per heavy atom. The maximum atomic E-state index is 11.6. The largest absolute Gasteiger partial charge is 0.493 e. The van der Waals surface area contributed by atoms with Crippen LogP contribution >= 0.6 is 0 Å². The molecular formula is C20H21NO6. The summed E-state index contributed by atoms with van der Waals surface area (Å²) in [5, 5.41) is 18.1. The second-order valence-electron chi connectivity index (χ2n) is 5.54. The minimum atomic E-state index is -1.10. The summed E-state index contributed by atoms with van der Waals surface area (Å²) in [5.41, 5.74) is 1.41. The molecule has 142 valence electrons. The van der Waals surface area contributed by atoms with Gasteiger partial charge in [-0.3, -0.25) is 0 Å². The minimum absolute atomic E-state index is 0.0400. The lowest BCUT2D eigenvalue weighted by Gasteiger charge is -2.15. The number of ether oxygens (including phenoxy) is 4. The van der Waals surface area contributed by atoms with Gasteiger partial charge in [-0.05, 0) is 41.8 Å². The van der Waals surface area contributed by atoms with Crippen molar-refractivity contribution in [1.82, 2.24) is 0 Å². The lowest BCUT2D eigenvalue weighted by atomic mass is 10.0. The van der Waals surface area contributed by atoms with Gasteiger partial charge >= 0.3 is 5.97 Å². The van der Waals surface area contributed by atoms with Crippen LogP contribution in [0.15, 0.2) is 30.3 Å². The van der Waals surface area contributed by atoms with Crippen molar-refractivity contribution in [2.24, 2.45) is 0 Å². The van der Waals surface area contributed by atoms with E-state index in [-0.39, 0.29) is 17.9 Å². The Hall–Kier alpha value is -3.40. The van der Waals surface area contributed by atoms with Crippen LogP contribution in [0.5, 0.6) is 23.0 Å². The molecule has 27 heavy (non-hydrogen) atoms. The fourth-order valence-electron chi connectivity index (χ4n) is 2.58. The number of carboxylic acids is 1. The maximum Gasteiger partial charge on any atom is 0.339 e. The lowest BCUT2D eigenvalue weighted by molar-refractivity contribution is 0.0692. The van der Waals surface area contributed by atoms with Crippen molar-refractivity contribution in [2.75, 3.05) is 27.9 Å². The Kier molecular flexibility index (Phi) is 6.89. The molecule has 0 saturated carbocycles. The first-order chi connectivity index (χ1) is 13.0. The normalized spacial score (nSPS) is 10.0. The van der Waals surface area contributed by atoms with Gasteiger partial charge < -0.3 is 24.1 Å². The number of benzene rings is 2. The van der Waals surface area contributed by atoms with E-state index in [0.717, 1.165) is 0 Å². The third kappa shape index (κ3) is 4.61. The number of carbonyl (C=O) groups is 1. The van der Waals surface area contributed by atoms with Crippen molar-refractivity contribution in [3.8, 4) is 40.2 Å². The van der Waals surface area contributed by atoms with E-state index in [4.69, 9.17) is 24.2 Å². The summed E-state index contributed by atoms with van der Waals surface area (Å²) in [6.07, 6.45) is 0.885. The average molecular weight is 371 g/mol. The first-order valence-electron chi connectivity index (χ1n) is 8.23. The van der Waals surface area contributed by atoms with Gasteiger partial charge in [0.1, 0.15) is 11.3 Å². The van der Waals surface area contributed by atoms with Crippen LogP contribution in [0.2, 0.25) is 0 Å². The average Bonchev–Trinajstić information content (AvgIpc) is 2.69. The summed E-state index contributed by atoms with van der Waals surface area (Å²) in [6, 6.07) is 10.4. The highest BCUT2D eigenvalue weighted by molar-refractivity contribution is 5.93. The molecule has 7 nitrogen and oxygen atoms in total. The van der Waals surface area contributed by atoms with Crippen molar-refractivity contribution in [1.29, 1.82) is 5.26 Å². The first-order valence-corrected chi connectivity index (χ1v) is 8.23. The molecule has 0 unspecified atom stereocenters. The molecule has 2 rings (SSSR count). The molecule has 0 spiro atoms. The van der Waals surface area contributed by atoms with Crippen molar-refractivity contribution >= 4 is 5.97 Å². The van der Waals surface area contributed by atoms with E-state index < -0.39 is 5.97 Å². The van der Waals surface area contributed by atoms with Gasteiger partial charge in [0.15, 0.2) is 11.5 Å². The number of nitrogens with zero attached hydrogens (tertiary/aromatic N) is 1. The van der Waals surface area contributed by atoms with Crippen LogP contribution in [0.3, 0.4) is 0 Å². The third-order valence-electron chi connectivity index (χ3n) is 3.90. The number of rotatable bonds is 9. The van der Waals surface area contributed by atoms with Gasteiger partial charge in [0, 0.05) is 6.42 Å². The zero-order valence-electron chi connectivity index (χ0n) is 15.4. The number of methoxy groups -OCH3 is 3. The highest BCUT2D eigenvalue weighted by atomic mass is 16.5. The van der Waals surface area contributed by atoms with E-state index in [1.807, 2.05) is 6.07 Å². The van der Waals surface area contributed by atoms with Gasteiger partial charge in [0.05, 0.1) is 34.0 Å². The summed E-state index contributed by atoms with van der Waals surface area (Å²) < 4.78 is 21.5. The second-order valence-corrected chi connectivity index (χ2v) is 5.54. The molecule has 7 heteroatoms. The molecule has 1 N–H and O–H groups in total. The van der Waals surface area contributed by atoms with Crippen molar-refractivity contribution in [2.45, 2.75) is 12.8 Å². The van der Waals surface area contributed by atoms with Crippen LogP contribution in [0, 0.1) is 11.3 Å². The highest BCUT2D eigenvalue weighted by Gasteiger charge is 2.17. The van der Waals surface area contributed by atoms with Crippen molar-refractivity contribution in [3.05, 3.63) is 35.9 Å². The Morgan fingerprint density at radius 2 is 1.67 bits per heavy atom.